The van der Waals surface area contributed by atoms with Crippen LogP contribution in [0.4, 0.5) is 0 Å². The van der Waals surface area contributed by atoms with Crippen molar-refractivity contribution in [2.45, 2.75) is 39.3 Å². The molecule has 1 saturated heterocycles. The van der Waals surface area contributed by atoms with Crippen LogP contribution in [0.5, 0.6) is 0 Å². The van der Waals surface area contributed by atoms with Crippen LogP contribution in [-0.4, -0.2) is 78.6 Å². The second-order valence-corrected chi connectivity index (χ2v) is 7.41. The second-order valence-electron chi connectivity index (χ2n) is 7.41. The normalized spacial score (nSPS) is 18.4. The maximum absolute atomic E-state index is 11.9. The summed E-state index contributed by atoms with van der Waals surface area (Å²) in [5, 5.41) is 16.8. The fourth-order valence-corrected chi connectivity index (χ4v) is 3.01. The molecular formula is C19H33N5O3. The average Bonchev–Trinajstić information content (AvgIpc) is 3.14. The number of guanidine groups is 1. The second kappa shape index (κ2) is 9.75. The van der Waals surface area contributed by atoms with Crippen molar-refractivity contribution in [3.63, 3.8) is 0 Å². The minimum Gasteiger partial charge on any atom is -0.466 e. The third kappa shape index (κ3) is 6.55. The van der Waals surface area contributed by atoms with E-state index in [0.29, 0.717) is 12.3 Å². The minimum atomic E-state index is -1.15. The Morgan fingerprint density at radius 2 is 2.07 bits per heavy atom. The number of aliphatic imine (C=N–C) groups is 1. The van der Waals surface area contributed by atoms with Crippen molar-refractivity contribution in [2.75, 3.05) is 45.8 Å². The van der Waals surface area contributed by atoms with Crippen molar-refractivity contribution in [2.24, 2.45) is 4.99 Å². The van der Waals surface area contributed by atoms with Gasteiger partial charge in [0.05, 0.1) is 19.4 Å². The molecule has 3 N–H and O–H groups in total. The Bertz CT molecular complexity index is 605. The summed E-state index contributed by atoms with van der Waals surface area (Å²) in [6, 6.07) is 3.67. The maximum Gasteiger partial charge on any atom is 0.234 e. The summed E-state index contributed by atoms with van der Waals surface area (Å²) in [4.78, 5) is 20.9. The van der Waals surface area contributed by atoms with Crippen LogP contribution in [0, 0.1) is 0 Å². The van der Waals surface area contributed by atoms with Crippen LogP contribution in [0.1, 0.15) is 33.5 Å². The van der Waals surface area contributed by atoms with Crippen LogP contribution in [0.25, 0.3) is 0 Å². The molecule has 1 atom stereocenters. The molecule has 0 aliphatic carbocycles. The smallest absolute Gasteiger partial charge is 0.234 e. The van der Waals surface area contributed by atoms with Crippen molar-refractivity contribution < 1.29 is 14.3 Å². The van der Waals surface area contributed by atoms with Crippen molar-refractivity contribution >= 4 is 11.9 Å². The van der Waals surface area contributed by atoms with Gasteiger partial charge in [-0.05, 0) is 39.8 Å². The minimum absolute atomic E-state index is 0.0634. The molecular weight excluding hydrogens is 346 g/mol. The van der Waals surface area contributed by atoms with Gasteiger partial charge in [-0.25, -0.2) is 4.99 Å². The number of nitrogens with zero attached hydrogens (tertiary/aromatic N) is 3. The third-order valence-electron chi connectivity index (χ3n) is 4.41. The third-order valence-corrected chi connectivity index (χ3v) is 4.41. The number of piperazine rings is 1. The number of carbonyl (C=O) groups is 1. The van der Waals surface area contributed by atoms with E-state index in [9.17, 15) is 9.90 Å². The highest BCUT2D eigenvalue weighted by Crippen LogP contribution is 2.21. The Balaban J connectivity index is 1.91. The van der Waals surface area contributed by atoms with Gasteiger partial charge in [-0.15, -0.1) is 0 Å². The van der Waals surface area contributed by atoms with Gasteiger partial charge >= 0.3 is 0 Å². The number of furan rings is 1. The predicted octanol–water partition coefficient (Wildman–Crippen LogP) is 0.595. The summed E-state index contributed by atoms with van der Waals surface area (Å²) in [6.45, 7) is 12.2. The first-order valence-corrected chi connectivity index (χ1v) is 9.63. The molecule has 8 nitrogen and oxygen atoms in total. The molecule has 2 heterocycles. The summed E-state index contributed by atoms with van der Waals surface area (Å²) in [7, 11) is 0. The van der Waals surface area contributed by atoms with Gasteiger partial charge in [0.2, 0.25) is 5.91 Å². The van der Waals surface area contributed by atoms with Crippen LogP contribution >= 0.6 is 0 Å². The largest absolute Gasteiger partial charge is 0.466 e. The van der Waals surface area contributed by atoms with E-state index < -0.39 is 5.60 Å². The molecule has 2 rings (SSSR count). The molecule has 152 valence electrons. The van der Waals surface area contributed by atoms with Gasteiger partial charge in [-0.2, -0.15) is 0 Å². The summed E-state index contributed by atoms with van der Waals surface area (Å²) in [5.74, 6) is 1.34. The molecule has 1 aliphatic rings. The number of nitrogens with one attached hydrogen (secondary N) is 2. The highest BCUT2D eigenvalue weighted by Gasteiger charge is 2.27. The summed E-state index contributed by atoms with van der Waals surface area (Å²) in [5.41, 5.74) is -1.15. The number of carbonyl (C=O) groups excluding carboxylic acids is 1. The first-order chi connectivity index (χ1) is 12.8. The Morgan fingerprint density at radius 3 is 2.63 bits per heavy atom. The van der Waals surface area contributed by atoms with Gasteiger partial charge in [0, 0.05) is 38.8 Å². The van der Waals surface area contributed by atoms with Crippen LogP contribution in [0.15, 0.2) is 27.8 Å². The van der Waals surface area contributed by atoms with Gasteiger partial charge in [0.15, 0.2) is 5.96 Å². The molecule has 1 fully saturated rings. The molecule has 0 aromatic carbocycles. The first-order valence-electron chi connectivity index (χ1n) is 9.63. The lowest BCUT2D eigenvalue weighted by Crippen LogP contribution is -2.54. The van der Waals surface area contributed by atoms with Gasteiger partial charge in [0.25, 0.3) is 0 Å². The molecule has 1 aliphatic heterocycles. The van der Waals surface area contributed by atoms with Crippen LogP contribution < -0.4 is 10.6 Å². The molecule has 8 heteroatoms. The van der Waals surface area contributed by atoms with Gasteiger partial charge < -0.3 is 25.1 Å². The maximum atomic E-state index is 11.9. The number of aliphatic hydroxyl groups is 1. The van der Waals surface area contributed by atoms with E-state index in [-0.39, 0.29) is 18.5 Å². The monoisotopic (exact) mass is 379 g/mol. The SMILES string of the molecule is CCNC(=NCC(C)(O)c1ccco1)N1CCN(CC(=O)NC(C)C)CC1. The Labute approximate surface area is 161 Å². The molecule has 27 heavy (non-hydrogen) atoms. The first kappa shape index (κ1) is 21.2. The van der Waals surface area contributed by atoms with E-state index in [2.05, 4.69) is 25.4 Å². The lowest BCUT2D eigenvalue weighted by molar-refractivity contribution is -0.123. The molecule has 1 unspecified atom stereocenters. The van der Waals surface area contributed by atoms with Gasteiger partial charge in [0.1, 0.15) is 11.4 Å². The van der Waals surface area contributed by atoms with E-state index in [1.807, 2.05) is 20.8 Å². The Hall–Kier alpha value is -2.06. The van der Waals surface area contributed by atoms with Crippen molar-refractivity contribution in [1.29, 1.82) is 0 Å². The molecule has 0 saturated carbocycles. The predicted molar refractivity (Wildman–Crippen MR) is 106 cm³/mol. The zero-order valence-corrected chi connectivity index (χ0v) is 16.9. The quantitative estimate of drug-likeness (QED) is 0.474. The number of amides is 1. The number of hydrogen-bond donors (Lipinski definition) is 3. The Kier molecular flexibility index (Phi) is 7.67. The highest BCUT2D eigenvalue weighted by atomic mass is 16.4. The standard InChI is InChI=1S/C19H33N5O3/c1-5-20-18(21-14-19(4,26)16-7-6-12-27-16)24-10-8-23(9-11-24)13-17(25)22-15(2)3/h6-7,12,15,26H,5,8-11,13-14H2,1-4H3,(H,20,21)(H,22,25). The average molecular weight is 380 g/mol. The molecule has 0 radical (unpaired) electrons. The van der Waals surface area contributed by atoms with E-state index in [1.54, 1.807) is 25.3 Å². The summed E-state index contributed by atoms with van der Waals surface area (Å²) < 4.78 is 5.32. The molecule has 1 aromatic heterocycles. The van der Waals surface area contributed by atoms with Gasteiger partial charge in [-0.3, -0.25) is 9.69 Å². The summed E-state index contributed by atoms with van der Waals surface area (Å²) in [6.07, 6.45) is 1.55. The molecule has 1 aromatic rings. The highest BCUT2D eigenvalue weighted by molar-refractivity contribution is 5.80. The fourth-order valence-electron chi connectivity index (χ4n) is 3.01. The van der Waals surface area contributed by atoms with E-state index >= 15 is 0 Å². The van der Waals surface area contributed by atoms with Crippen molar-refractivity contribution in [3.8, 4) is 0 Å². The molecule has 1 amide bonds. The lowest BCUT2D eigenvalue weighted by atomic mass is 10.0. The molecule has 0 bridgehead atoms. The van der Waals surface area contributed by atoms with E-state index in [0.717, 1.165) is 38.7 Å². The zero-order valence-electron chi connectivity index (χ0n) is 16.9. The topological polar surface area (TPSA) is 93.3 Å². The lowest BCUT2D eigenvalue weighted by Gasteiger charge is -2.36. The molecule has 0 spiro atoms. The van der Waals surface area contributed by atoms with Crippen molar-refractivity contribution in [3.05, 3.63) is 24.2 Å². The van der Waals surface area contributed by atoms with E-state index in [1.165, 1.54) is 0 Å². The number of rotatable bonds is 7. The van der Waals surface area contributed by atoms with Crippen molar-refractivity contribution in [1.82, 2.24) is 20.4 Å². The van der Waals surface area contributed by atoms with E-state index in [4.69, 9.17) is 4.42 Å². The van der Waals surface area contributed by atoms with Crippen LogP contribution in [0.2, 0.25) is 0 Å². The zero-order chi connectivity index (χ0) is 19.9. The summed E-state index contributed by atoms with van der Waals surface area (Å²) >= 11 is 0. The Morgan fingerprint density at radius 1 is 1.37 bits per heavy atom. The van der Waals surface area contributed by atoms with Crippen LogP contribution in [0.3, 0.4) is 0 Å². The number of hydrogen-bond acceptors (Lipinski definition) is 5. The fraction of sp³-hybridized carbons (Fsp3) is 0.684. The van der Waals surface area contributed by atoms with Gasteiger partial charge in [-0.1, -0.05) is 0 Å². The van der Waals surface area contributed by atoms with Crippen LogP contribution in [-0.2, 0) is 10.4 Å².